The van der Waals surface area contributed by atoms with E-state index in [9.17, 15) is 50.1 Å². The fourth-order valence-electron chi connectivity index (χ4n) is 10.7. The van der Waals surface area contributed by atoms with Crippen LogP contribution in [0.3, 0.4) is 0 Å². The predicted molar refractivity (Wildman–Crippen MR) is 166 cm³/mol. The van der Waals surface area contributed by atoms with Gasteiger partial charge in [0.05, 0.1) is 30.3 Å². The third kappa shape index (κ3) is 5.18. The average molecular weight is 681 g/mol. The second-order valence-electron chi connectivity index (χ2n) is 16.3. The van der Waals surface area contributed by atoms with Gasteiger partial charge in [-0.2, -0.15) is 0 Å². The molecule has 0 unspecified atom stereocenters. The Bertz CT molecular complexity index is 1350. The van der Waals surface area contributed by atoms with Crippen molar-refractivity contribution in [3.8, 4) is 0 Å². The van der Waals surface area contributed by atoms with Crippen LogP contribution < -0.4 is 0 Å². The molecule has 0 amide bonds. The lowest BCUT2D eigenvalue weighted by Gasteiger charge is -2.60. The van der Waals surface area contributed by atoms with Crippen LogP contribution in [-0.2, 0) is 28.6 Å². The molecule has 4 aliphatic carbocycles. The van der Waals surface area contributed by atoms with Crippen LogP contribution in [0, 0.1) is 40.4 Å². The molecule has 0 radical (unpaired) electrons. The Kier molecular flexibility index (Phi) is 9.12. The maximum absolute atomic E-state index is 13.8. The van der Waals surface area contributed by atoms with Crippen LogP contribution in [0.25, 0.3) is 0 Å². The molecule has 270 valence electrons. The normalized spacial score (nSPS) is 51.7. The fourth-order valence-corrected chi connectivity index (χ4v) is 10.7. The number of Topliss-reactive ketones (excluding diaryl/α,β-unsaturated/α-hetero) is 1. The zero-order valence-corrected chi connectivity index (χ0v) is 28.3. The summed E-state index contributed by atoms with van der Waals surface area (Å²) in [5.74, 6) is -3.33. The zero-order valence-electron chi connectivity index (χ0n) is 28.3. The summed E-state index contributed by atoms with van der Waals surface area (Å²) >= 11 is 0. The maximum atomic E-state index is 13.8. The van der Waals surface area contributed by atoms with Gasteiger partial charge in [0.25, 0.3) is 0 Å². The Morgan fingerprint density at radius 1 is 1.04 bits per heavy atom. The highest BCUT2D eigenvalue weighted by atomic mass is 16.7. The highest BCUT2D eigenvalue weighted by Crippen LogP contribution is 2.68. The van der Waals surface area contributed by atoms with E-state index in [1.807, 2.05) is 13.8 Å². The molecule has 2 aliphatic heterocycles. The van der Waals surface area contributed by atoms with Gasteiger partial charge in [0.2, 0.25) is 0 Å². The lowest BCUT2D eigenvalue weighted by atomic mass is 9.45. The number of carbonyl (C=O) groups excluding carboxylic acids is 3. The average Bonchev–Trinajstić information content (AvgIpc) is 3.45. The summed E-state index contributed by atoms with van der Waals surface area (Å²) in [6, 6.07) is 0. The Morgan fingerprint density at radius 2 is 1.73 bits per heavy atom. The number of ketones is 2. The molecule has 2 heterocycles. The summed E-state index contributed by atoms with van der Waals surface area (Å²) in [5.41, 5.74) is -4.47. The maximum Gasteiger partial charge on any atom is 0.309 e. The standard InChI is InChI=1S/C35H52O13/c1-15-17(16(2)46-30(15)43)10-26(39)34(5,44)25-7-9-35(45)19-11-21(37)20-12-22(38)23(13-32(20,3)18(19)6-8-33(25,35)4)47-31-29(42)28(41)27(40)24(14-36)48-31/h11,15-18,20,22-25,27-29,31,36,38,40-42,44-45H,6-10,12-14H2,1-5H3/t15-,16+,17-,18-,20-,22+,23-,24+,25-,27+,28-,29+,31+,32+,33+,34+,35+/m0/s1. The van der Waals surface area contributed by atoms with Gasteiger partial charge in [-0.05, 0) is 75.4 Å². The van der Waals surface area contributed by atoms with Gasteiger partial charge >= 0.3 is 5.97 Å². The van der Waals surface area contributed by atoms with Crippen LogP contribution in [0.15, 0.2) is 11.6 Å². The van der Waals surface area contributed by atoms with Gasteiger partial charge in [0.1, 0.15) is 36.1 Å². The molecule has 6 rings (SSSR count). The molecule has 13 nitrogen and oxygen atoms in total. The van der Waals surface area contributed by atoms with Crippen LogP contribution in [0.1, 0.15) is 79.6 Å². The molecule has 48 heavy (non-hydrogen) atoms. The van der Waals surface area contributed by atoms with E-state index in [1.165, 1.54) is 13.0 Å². The number of aliphatic hydroxyl groups excluding tert-OH is 5. The van der Waals surface area contributed by atoms with Crippen molar-refractivity contribution in [2.24, 2.45) is 40.4 Å². The summed E-state index contributed by atoms with van der Waals surface area (Å²) in [6.45, 7) is 8.15. The van der Waals surface area contributed by atoms with Gasteiger partial charge in [-0.25, -0.2) is 0 Å². The molecule has 3 saturated carbocycles. The van der Waals surface area contributed by atoms with Gasteiger partial charge < -0.3 is 50.0 Å². The number of rotatable bonds is 7. The molecule has 0 spiro atoms. The van der Waals surface area contributed by atoms with E-state index in [-0.39, 0.29) is 49.3 Å². The summed E-state index contributed by atoms with van der Waals surface area (Å²) in [4.78, 5) is 39.7. The monoisotopic (exact) mass is 680 g/mol. The number of hydrogen-bond donors (Lipinski definition) is 7. The molecule has 2 saturated heterocycles. The first-order valence-electron chi connectivity index (χ1n) is 17.4. The number of esters is 1. The van der Waals surface area contributed by atoms with Gasteiger partial charge in [-0.1, -0.05) is 20.8 Å². The molecular formula is C35H52O13. The van der Waals surface area contributed by atoms with E-state index >= 15 is 0 Å². The second kappa shape index (κ2) is 12.2. The van der Waals surface area contributed by atoms with Crippen LogP contribution in [0.5, 0.6) is 0 Å². The Labute approximate surface area is 280 Å². The van der Waals surface area contributed by atoms with E-state index in [2.05, 4.69) is 0 Å². The topological polar surface area (TPSA) is 221 Å². The molecule has 5 fully saturated rings. The second-order valence-corrected chi connectivity index (χ2v) is 16.3. The smallest absolute Gasteiger partial charge is 0.309 e. The van der Waals surface area contributed by atoms with E-state index in [4.69, 9.17) is 14.2 Å². The number of hydrogen-bond acceptors (Lipinski definition) is 13. The SMILES string of the molecule is C[C@@H]1C(=O)O[C@H](C)[C@H]1CC(=O)[C@](C)(O)[C@H]1CC[C@@]2(O)C3=CC(=O)[C@@H]4C[C@@H](O)[C@@H](O[C@@H]5O[C@H](CO)[C@@H](O)[C@H](O)[C@H]5O)C[C@]4(C)[C@H]3CC[C@]12C. The Balaban J connectivity index is 1.24. The van der Waals surface area contributed by atoms with Crippen molar-refractivity contribution in [2.75, 3.05) is 6.61 Å². The first kappa shape index (κ1) is 36.0. The number of carbonyl (C=O) groups is 3. The lowest BCUT2D eigenvalue weighted by molar-refractivity contribution is -0.323. The molecular weight excluding hydrogens is 628 g/mol. The number of ether oxygens (including phenoxy) is 3. The fraction of sp³-hybridized carbons (Fsp3) is 0.857. The van der Waals surface area contributed by atoms with Crippen molar-refractivity contribution in [3.05, 3.63) is 11.6 Å². The molecule has 6 aliphatic rings. The van der Waals surface area contributed by atoms with E-state index in [1.54, 1.807) is 13.8 Å². The Hall–Kier alpha value is -1.81. The number of fused-ring (bicyclic) bond motifs is 5. The molecule has 13 heteroatoms. The van der Waals surface area contributed by atoms with Gasteiger partial charge in [-0.15, -0.1) is 0 Å². The highest BCUT2D eigenvalue weighted by Gasteiger charge is 2.69. The molecule has 0 aromatic heterocycles. The van der Waals surface area contributed by atoms with Crippen LogP contribution in [0.2, 0.25) is 0 Å². The summed E-state index contributed by atoms with van der Waals surface area (Å²) < 4.78 is 16.9. The highest BCUT2D eigenvalue weighted by molar-refractivity contribution is 5.95. The van der Waals surface area contributed by atoms with E-state index in [0.717, 1.165) is 0 Å². The van der Waals surface area contributed by atoms with Crippen molar-refractivity contribution in [1.82, 2.24) is 0 Å². The van der Waals surface area contributed by atoms with Crippen molar-refractivity contribution >= 4 is 17.5 Å². The minimum Gasteiger partial charge on any atom is -0.462 e. The first-order chi connectivity index (χ1) is 22.3. The molecule has 0 bridgehead atoms. The van der Waals surface area contributed by atoms with Crippen molar-refractivity contribution in [2.45, 2.75) is 140 Å². The summed E-state index contributed by atoms with van der Waals surface area (Å²) in [7, 11) is 0. The van der Waals surface area contributed by atoms with E-state index < -0.39 is 101 Å². The van der Waals surface area contributed by atoms with Crippen molar-refractivity contribution in [3.63, 3.8) is 0 Å². The molecule has 17 atom stereocenters. The van der Waals surface area contributed by atoms with Gasteiger partial charge in [-0.3, -0.25) is 14.4 Å². The number of allylic oxidation sites excluding steroid dienone is 1. The van der Waals surface area contributed by atoms with Gasteiger partial charge in [0, 0.05) is 29.6 Å². The molecule has 0 aromatic carbocycles. The molecule has 7 N–H and O–H groups in total. The summed E-state index contributed by atoms with van der Waals surface area (Å²) in [5, 5.41) is 76.3. The zero-order chi connectivity index (χ0) is 35.3. The van der Waals surface area contributed by atoms with Crippen molar-refractivity contribution < 1.29 is 64.3 Å². The predicted octanol–water partition coefficient (Wildman–Crippen LogP) is -0.0770. The van der Waals surface area contributed by atoms with Crippen LogP contribution in [-0.4, -0.2) is 120 Å². The first-order valence-corrected chi connectivity index (χ1v) is 17.4. The Morgan fingerprint density at radius 3 is 2.35 bits per heavy atom. The summed E-state index contributed by atoms with van der Waals surface area (Å²) in [6.07, 6.45) is -6.75. The largest absolute Gasteiger partial charge is 0.462 e. The minimum absolute atomic E-state index is 0.0339. The third-order valence-electron chi connectivity index (χ3n) is 13.8. The minimum atomic E-state index is -1.80. The third-order valence-corrected chi connectivity index (χ3v) is 13.8. The lowest BCUT2D eigenvalue weighted by Crippen LogP contribution is -2.64. The van der Waals surface area contributed by atoms with E-state index in [0.29, 0.717) is 24.8 Å². The number of cyclic esters (lactones) is 1. The number of aliphatic hydroxyl groups is 7. The molecule has 0 aromatic rings. The quantitative estimate of drug-likeness (QED) is 0.175. The van der Waals surface area contributed by atoms with Crippen LogP contribution >= 0.6 is 0 Å². The van der Waals surface area contributed by atoms with Gasteiger partial charge in [0.15, 0.2) is 17.9 Å². The van der Waals surface area contributed by atoms with Crippen LogP contribution in [0.4, 0.5) is 0 Å². The van der Waals surface area contributed by atoms with Crippen molar-refractivity contribution in [1.29, 1.82) is 0 Å².